The van der Waals surface area contributed by atoms with Crippen LogP contribution in [-0.2, 0) is 11.3 Å². The molecule has 1 aliphatic rings. The maximum atomic E-state index is 14.4. The number of hydrogen-bond acceptors (Lipinski definition) is 5. The van der Waals surface area contributed by atoms with Gasteiger partial charge in [0, 0.05) is 37.9 Å². The average molecular weight is 544 g/mol. The van der Waals surface area contributed by atoms with Crippen LogP contribution in [0.5, 0.6) is 11.5 Å². The molecule has 7 nitrogen and oxygen atoms in total. The van der Waals surface area contributed by atoms with Crippen LogP contribution in [-0.4, -0.2) is 49.0 Å². The van der Waals surface area contributed by atoms with Crippen molar-refractivity contribution in [2.45, 2.75) is 26.3 Å². The fraction of sp³-hybridized carbons (Fsp3) is 0.455. The summed E-state index contributed by atoms with van der Waals surface area (Å²) < 4.78 is 25.5. The van der Waals surface area contributed by atoms with Crippen molar-refractivity contribution in [1.82, 2.24) is 15.6 Å². The predicted molar refractivity (Wildman–Crippen MR) is 129 cm³/mol. The lowest BCUT2D eigenvalue weighted by atomic mass is 9.84. The zero-order chi connectivity index (χ0) is 21.2. The summed E-state index contributed by atoms with van der Waals surface area (Å²) in [7, 11) is 0. The van der Waals surface area contributed by atoms with E-state index in [4.69, 9.17) is 9.47 Å². The van der Waals surface area contributed by atoms with E-state index in [1.54, 1.807) is 30.5 Å². The molecule has 0 amide bonds. The van der Waals surface area contributed by atoms with Gasteiger partial charge in [-0.05, 0) is 49.6 Å². The van der Waals surface area contributed by atoms with Crippen molar-refractivity contribution in [1.29, 1.82) is 0 Å². The lowest BCUT2D eigenvalue weighted by Gasteiger charge is -2.27. The van der Waals surface area contributed by atoms with E-state index in [1.807, 2.05) is 6.92 Å². The molecule has 1 saturated heterocycles. The first-order valence-corrected chi connectivity index (χ1v) is 10.2. The maximum absolute atomic E-state index is 14.4. The molecule has 170 valence electrons. The Hall–Kier alpha value is -1.98. The molecule has 0 spiro atoms. The van der Waals surface area contributed by atoms with Gasteiger partial charge in [0.25, 0.3) is 0 Å². The molecule has 3 N–H and O–H groups in total. The Kier molecular flexibility index (Phi) is 10.4. The highest BCUT2D eigenvalue weighted by molar-refractivity contribution is 14.0. The first kappa shape index (κ1) is 25.3. The number of guanidine groups is 1. The number of aromatic nitrogens is 1. The van der Waals surface area contributed by atoms with E-state index in [9.17, 15) is 9.50 Å². The Morgan fingerprint density at radius 3 is 2.87 bits per heavy atom. The van der Waals surface area contributed by atoms with Crippen LogP contribution >= 0.6 is 24.0 Å². The summed E-state index contributed by atoms with van der Waals surface area (Å²) >= 11 is 0. The summed E-state index contributed by atoms with van der Waals surface area (Å²) in [6.07, 6.45) is 4.75. The van der Waals surface area contributed by atoms with E-state index in [1.165, 1.54) is 12.3 Å². The quantitative estimate of drug-likeness (QED) is 0.255. The lowest BCUT2D eigenvalue weighted by Crippen LogP contribution is -2.44. The van der Waals surface area contributed by atoms with Gasteiger partial charge in [0.15, 0.2) is 17.5 Å². The van der Waals surface area contributed by atoms with E-state index in [0.717, 1.165) is 12.0 Å². The molecule has 31 heavy (non-hydrogen) atoms. The number of ether oxygens (including phenoxy) is 2. The van der Waals surface area contributed by atoms with Gasteiger partial charge in [-0.2, -0.15) is 0 Å². The fourth-order valence-corrected chi connectivity index (χ4v) is 3.35. The Morgan fingerprint density at radius 2 is 2.23 bits per heavy atom. The lowest BCUT2D eigenvalue weighted by molar-refractivity contribution is 0.127. The normalized spacial score (nSPS) is 18.4. The molecule has 1 aromatic heterocycles. The number of aliphatic imine (C=N–C) groups is 1. The molecule has 1 atom stereocenters. The summed E-state index contributed by atoms with van der Waals surface area (Å²) in [5.74, 6) is 0.828. The molecule has 0 radical (unpaired) electrons. The molecule has 2 heterocycles. The highest BCUT2D eigenvalue weighted by Crippen LogP contribution is 2.31. The van der Waals surface area contributed by atoms with Crippen LogP contribution in [0.25, 0.3) is 0 Å². The third kappa shape index (κ3) is 7.58. The Balaban J connectivity index is 0.00000341. The van der Waals surface area contributed by atoms with Crippen molar-refractivity contribution < 1.29 is 19.0 Å². The zero-order valence-corrected chi connectivity index (χ0v) is 20.0. The van der Waals surface area contributed by atoms with Crippen LogP contribution in [0.4, 0.5) is 4.39 Å². The smallest absolute Gasteiger partial charge is 0.191 e. The number of aliphatic hydroxyl groups excluding tert-OH is 1. The third-order valence-electron chi connectivity index (χ3n) is 5.08. The number of benzene rings is 1. The number of halogens is 2. The van der Waals surface area contributed by atoms with Gasteiger partial charge in [0.05, 0.1) is 19.3 Å². The van der Waals surface area contributed by atoms with E-state index in [-0.39, 0.29) is 41.7 Å². The van der Waals surface area contributed by atoms with Crippen molar-refractivity contribution in [3.8, 4) is 11.5 Å². The van der Waals surface area contributed by atoms with Gasteiger partial charge < -0.3 is 25.2 Å². The van der Waals surface area contributed by atoms with Crippen molar-refractivity contribution in [2.24, 2.45) is 10.4 Å². The first-order valence-electron chi connectivity index (χ1n) is 10.2. The van der Waals surface area contributed by atoms with Gasteiger partial charge in [-0.25, -0.2) is 9.38 Å². The largest absolute Gasteiger partial charge is 0.453 e. The number of rotatable bonds is 9. The Morgan fingerprint density at radius 1 is 1.35 bits per heavy atom. The monoisotopic (exact) mass is 544 g/mol. The highest BCUT2D eigenvalue weighted by Gasteiger charge is 2.34. The summed E-state index contributed by atoms with van der Waals surface area (Å²) in [6, 6.07) is 8.27. The van der Waals surface area contributed by atoms with Gasteiger partial charge in [-0.3, -0.25) is 4.98 Å². The summed E-state index contributed by atoms with van der Waals surface area (Å²) in [5.41, 5.74) is 0.653. The van der Waals surface area contributed by atoms with Crippen LogP contribution in [0.3, 0.4) is 0 Å². The highest BCUT2D eigenvalue weighted by atomic mass is 127. The first-order chi connectivity index (χ1) is 14.6. The van der Waals surface area contributed by atoms with Crippen LogP contribution in [0, 0.1) is 11.2 Å². The topological polar surface area (TPSA) is 88.0 Å². The van der Waals surface area contributed by atoms with E-state index in [2.05, 4.69) is 20.6 Å². The molecule has 0 bridgehead atoms. The molecule has 1 aromatic carbocycles. The second kappa shape index (κ2) is 12.8. The standard InChI is InChI=1S/C22H29FN4O3.HI/c1-2-25-21(27-15-22(7-10-28)8-11-29-16-22)26-13-17-5-6-20(19(23)12-17)30-18-4-3-9-24-14-18;/h3-6,9,12,14,28H,2,7-8,10-11,13,15-16H2,1H3,(H2,25,26,27);1H. The van der Waals surface area contributed by atoms with E-state index < -0.39 is 5.82 Å². The van der Waals surface area contributed by atoms with Gasteiger partial charge in [-0.15, -0.1) is 24.0 Å². The molecular formula is C22H30FIN4O3. The maximum Gasteiger partial charge on any atom is 0.191 e. The number of nitrogens with zero attached hydrogens (tertiary/aromatic N) is 2. The van der Waals surface area contributed by atoms with Gasteiger partial charge >= 0.3 is 0 Å². The van der Waals surface area contributed by atoms with Gasteiger partial charge in [0.2, 0.25) is 0 Å². The molecule has 1 aliphatic heterocycles. The minimum atomic E-state index is -0.450. The molecule has 0 saturated carbocycles. The van der Waals surface area contributed by atoms with Gasteiger partial charge in [-0.1, -0.05) is 6.07 Å². The van der Waals surface area contributed by atoms with Crippen LogP contribution in [0.1, 0.15) is 25.3 Å². The number of aliphatic hydroxyl groups is 1. The second-order valence-electron chi connectivity index (χ2n) is 7.38. The van der Waals surface area contributed by atoms with Crippen LogP contribution in [0.2, 0.25) is 0 Å². The van der Waals surface area contributed by atoms with E-state index >= 15 is 0 Å². The Bertz CT molecular complexity index is 833. The van der Waals surface area contributed by atoms with Crippen molar-refractivity contribution in [3.63, 3.8) is 0 Å². The summed E-state index contributed by atoms with van der Waals surface area (Å²) in [5, 5.41) is 15.9. The summed E-state index contributed by atoms with van der Waals surface area (Å²) in [4.78, 5) is 8.52. The van der Waals surface area contributed by atoms with Crippen LogP contribution < -0.4 is 15.4 Å². The summed E-state index contributed by atoms with van der Waals surface area (Å²) in [6.45, 7) is 5.15. The predicted octanol–water partition coefficient (Wildman–Crippen LogP) is 3.48. The molecule has 1 fully saturated rings. The minimum absolute atomic E-state index is 0. The average Bonchev–Trinajstić information content (AvgIpc) is 3.22. The molecule has 9 heteroatoms. The van der Waals surface area contributed by atoms with Gasteiger partial charge in [0.1, 0.15) is 5.75 Å². The SMILES string of the molecule is CCNC(=NCc1ccc(Oc2cccnc2)c(F)c1)NCC1(CCO)CCOC1.I. The molecule has 0 aliphatic carbocycles. The number of hydrogen-bond donors (Lipinski definition) is 3. The number of pyridine rings is 1. The second-order valence-corrected chi connectivity index (χ2v) is 7.38. The fourth-order valence-electron chi connectivity index (χ4n) is 3.35. The molecular weight excluding hydrogens is 514 g/mol. The Labute approximate surface area is 199 Å². The molecule has 2 aromatic rings. The van der Waals surface area contributed by atoms with Crippen molar-refractivity contribution in [2.75, 3.05) is 32.9 Å². The van der Waals surface area contributed by atoms with Crippen LogP contribution in [0.15, 0.2) is 47.7 Å². The van der Waals surface area contributed by atoms with Crippen molar-refractivity contribution >= 4 is 29.9 Å². The number of nitrogens with one attached hydrogen (secondary N) is 2. The minimum Gasteiger partial charge on any atom is -0.453 e. The third-order valence-corrected chi connectivity index (χ3v) is 5.08. The zero-order valence-electron chi connectivity index (χ0n) is 17.6. The molecule has 1 unspecified atom stereocenters. The van der Waals surface area contributed by atoms with Crippen molar-refractivity contribution in [3.05, 3.63) is 54.1 Å². The molecule has 3 rings (SSSR count). The van der Waals surface area contributed by atoms with E-state index in [0.29, 0.717) is 51.0 Å².